The van der Waals surface area contributed by atoms with E-state index in [4.69, 9.17) is 0 Å². The van der Waals surface area contributed by atoms with Gasteiger partial charge in [0.2, 0.25) is 0 Å². The summed E-state index contributed by atoms with van der Waals surface area (Å²) in [6.07, 6.45) is 0.676. The van der Waals surface area contributed by atoms with Crippen LogP contribution in [0.2, 0.25) is 0 Å². The Morgan fingerprint density at radius 3 is 2.47 bits per heavy atom. The number of hydrogen-bond donors (Lipinski definition) is 0. The lowest BCUT2D eigenvalue weighted by atomic mass is 10.1. The molecule has 0 radical (unpaired) electrons. The number of Topliss-reactive ketones (excluding diaryl/α,β-unsaturated/α-hetero) is 1. The molecule has 6 heteroatoms. The minimum Gasteiger partial charge on any atom is -0.300 e. The number of nitrogens with zero attached hydrogens (tertiary/aromatic N) is 1. The van der Waals surface area contributed by atoms with E-state index < -0.39 is 10.0 Å². The zero-order valence-electron chi connectivity index (χ0n) is 8.05. The highest BCUT2D eigenvalue weighted by molar-refractivity contribution is 7.91. The molecule has 1 aromatic heterocycles. The molecule has 1 fully saturated rings. The molecule has 4 nitrogen and oxygen atoms in total. The Kier molecular flexibility index (Phi) is 2.90. The van der Waals surface area contributed by atoms with Gasteiger partial charge >= 0.3 is 0 Å². The second-order valence-corrected chi connectivity index (χ2v) is 6.49. The smallest absolute Gasteiger partial charge is 0.252 e. The number of piperidine rings is 1. The van der Waals surface area contributed by atoms with Gasteiger partial charge in [0.25, 0.3) is 10.0 Å². The van der Waals surface area contributed by atoms with Crippen molar-refractivity contribution in [3.8, 4) is 0 Å². The number of ketones is 1. The second kappa shape index (κ2) is 4.03. The van der Waals surface area contributed by atoms with Crippen LogP contribution >= 0.6 is 11.3 Å². The van der Waals surface area contributed by atoms with Crippen LogP contribution in [0.25, 0.3) is 0 Å². The molecule has 1 aliphatic rings. The number of carbonyl (C=O) groups excluding carboxylic acids is 1. The molecule has 0 aliphatic carbocycles. The summed E-state index contributed by atoms with van der Waals surface area (Å²) >= 11 is 1.21. The topological polar surface area (TPSA) is 54.5 Å². The SMILES string of the molecule is O=C1CCN(S(=O)(=O)c2cccs2)CC1. The molecule has 1 aliphatic heterocycles. The van der Waals surface area contributed by atoms with Gasteiger partial charge in [-0.3, -0.25) is 4.79 Å². The molecule has 0 amide bonds. The minimum atomic E-state index is -3.34. The second-order valence-electron chi connectivity index (χ2n) is 3.37. The highest BCUT2D eigenvalue weighted by Crippen LogP contribution is 2.22. The Hall–Kier alpha value is -0.720. The summed E-state index contributed by atoms with van der Waals surface area (Å²) in [5.41, 5.74) is 0. The highest BCUT2D eigenvalue weighted by atomic mass is 32.2. The van der Waals surface area contributed by atoms with E-state index in [2.05, 4.69) is 0 Å². The zero-order chi connectivity index (χ0) is 10.9. The van der Waals surface area contributed by atoms with Gasteiger partial charge in [-0.05, 0) is 11.4 Å². The minimum absolute atomic E-state index is 0.146. The fraction of sp³-hybridized carbons (Fsp3) is 0.444. The third-order valence-corrected chi connectivity index (χ3v) is 5.64. The van der Waals surface area contributed by atoms with Gasteiger partial charge in [-0.1, -0.05) is 6.07 Å². The first kappa shape index (κ1) is 10.8. The summed E-state index contributed by atoms with van der Waals surface area (Å²) in [5, 5.41) is 1.74. The van der Waals surface area contributed by atoms with Gasteiger partial charge in [-0.15, -0.1) is 11.3 Å². The van der Waals surface area contributed by atoms with Crippen molar-refractivity contribution in [1.82, 2.24) is 4.31 Å². The number of thiophene rings is 1. The Balaban J connectivity index is 2.20. The van der Waals surface area contributed by atoms with Crippen LogP contribution in [-0.4, -0.2) is 31.6 Å². The van der Waals surface area contributed by atoms with Crippen LogP contribution in [0.1, 0.15) is 12.8 Å². The number of rotatable bonds is 2. The molecule has 2 rings (SSSR count). The van der Waals surface area contributed by atoms with Crippen LogP contribution < -0.4 is 0 Å². The van der Waals surface area contributed by atoms with E-state index in [0.29, 0.717) is 30.1 Å². The lowest BCUT2D eigenvalue weighted by Crippen LogP contribution is -2.38. The van der Waals surface area contributed by atoms with Crippen LogP contribution in [0.15, 0.2) is 21.7 Å². The van der Waals surface area contributed by atoms with Crippen LogP contribution in [0.3, 0.4) is 0 Å². The van der Waals surface area contributed by atoms with Crippen LogP contribution in [-0.2, 0) is 14.8 Å². The third-order valence-electron chi connectivity index (χ3n) is 2.37. The number of sulfonamides is 1. The van der Waals surface area contributed by atoms with E-state index in [1.165, 1.54) is 15.6 Å². The van der Waals surface area contributed by atoms with Crippen molar-refractivity contribution < 1.29 is 13.2 Å². The Bertz CT molecular complexity index is 440. The summed E-state index contributed by atoms with van der Waals surface area (Å²) in [7, 11) is -3.34. The largest absolute Gasteiger partial charge is 0.300 e. The predicted octanol–water partition coefficient (Wildman–Crippen LogP) is 1.10. The van der Waals surface area contributed by atoms with Gasteiger partial charge in [-0.2, -0.15) is 4.31 Å². The van der Waals surface area contributed by atoms with Crippen molar-refractivity contribution in [2.45, 2.75) is 17.1 Å². The van der Waals surface area contributed by atoms with Gasteiger partial charge in [0.15, 0.2) is 0 Å². The fourth-order valence-corrected chi connectivity index (χ4v) is 4.10. The fourth-order valence-electron chi connectivity index (χ4n) is 1.51. The van der Waals surface area contributed by atoms with Gasteiger partial charge in [0.1, 0.15) is 9.99 Å². The standard InChI is InChI=1S/C9H11NO3S2/c11-8-3-5-10(6-4-8)15(12,13)9-2-1-7-14-9/h1-2,7H,3-6H2. The molecule has 0 spiro atoms. The Labute approximate surface area is 92.6 Å². The molecule has 0 aromatic carbocycles. The van der Waals surface area contributed by atoms with E-state index in [1.807, 2.05) is 0 Å². The van der Waals surface area contributed by atoms with Gasteiger partial charge in [0, 0.05) is 25.9 Å². The lowest BCUT2D eigenvalue weighted by Gasteiger charge is -2.24. The van der Waals surface area contributed by atoms with Crippen molar-refractivity contribution in [2.24, 2.45) is 0 Å². The van der Waals surface area contributed by atoms with Crippen molar-refractivity contribution in [3.63, 3.8) is 0 Å². The lowest BCUT2D eigenvalue weighted by molar-refractivity contribution is -0.120. The highest BCUT2D eigenvalue weighted by Gasteiger charge is 2.28. The molecular weight excluding hydrogens is 234 g/mol. The first-order valence-corrected chi connectivity index (χ1v) is 6.98. The van der Waals surface area contributed by atoms with Crippen LogP contribution in [0.5, 0.6) is 0 Å². The van der Waals surface area contributed by atoms with E-state index in [-0.39, 0.29) is 5.78 Å². The number of hydrogen-bond acceptors (Lipinski definition) is 4. The molecule has 0 unspecified atom stereocenters. The number of carbonyl (C=O) groups is 1. The summed E-state index contributed by atoms with van der Waals surface area (Å²) in [6.45, 7) is 0.637. The summed E-state index contributed by atoms with van der Waals surface area (Å²) in [5.74, 6) is 0.146. The molecule has 0 N–H and O–H groups in total. The average Bonchev–Trinajstić information content (AvgIpc) is 2.71. The van der Waals surface area contributed by atoms with Gasteiger partial charge in [0.05, 0.1) is 0 Å². The van der Waals surface area contributed by atoms with Crippen molar-refractivity contribution in [2.75, 3.05) is 13.1 Å². The third kappa shape index (κ3) is 2.11. The molecule has 15 heavy (non-hydrogen) atoms. The monoisotopic (exact) mass is 245 g/mol. The van der Waals surface area contributed by atoms with Gasteiger partial charge in [-0.25, -0.2) is 8.42 Å². The summed E-state index contributed by atoms with van der Waals surface area (Å²) in [6, 6.07) is 3.31. The average molecular weight is 245 g/mol. The summed E-state index contributed by atoms with van der Waals surface area (Å²) in [4.78, 5) is 11.0. The van der Waals surface area contributed by atoms with Crippen LogP contribution in [0, 0.1) is 0 Å². The molecular formula is C9H11NO3S2. The quantitative estimate of drug-likeness (QED) is 0.784. The normalized spacial score (nSPS) is 19.3. The zero-order valence-corrected chi connectivity index (χ0v) is 9.68. The maximum absolute atomic E-state index is 12.0. The predicted molar refractivity (Wildman–Crippen MR) is 57.3 cm³/mol. The Morgan fingerprint density at radius 2 is 1.93 bits per heavy atom. The van der Waals surface area contributed by atoms with Crippen molar-refractivity contribution >= 4 is 27.1 Å². The first-order valence-electron chi connectivity index (χ1n) is 4.66. The molecule has 0 bridgehead atoms. The van der Waals surface area contributed by atoms with E-state index in [1.54, 1.807) is 17.5 Å². The van der Waals surface area contributed by atoms with Crippen LogP contribution in [0.4, 0.5) is 0 Å². The molecule has 0 saturated carbocycles. The van der Waals surface area contributed by atoms with Crippen molar-refractivity contribution in [1.29, 1.82) is 0 Å². The van der Waals surface area contributed by atoms with Crippen molar-refractivity contribution in [3.05, 3.63) is 17.5 Å². The molecule has 82 valence electrons. The summed E-state index contributed by atoms with van der Waals surface area (Å²) < 4.78 is 25.7. The first-order chi connectivity index (χ1) is 7.10. The van der Waals surface area contributed by atoms with E-state index in [9.17, 15) is 13.2 Å². The molecule has 2 heterocycles. The van der Waals surface area contributed by atoms with Gasteiger partial charge < -0.3 is 0 Å². The van der Waals surface area contributed by atoms with E-state index in [0.717, 1.165) is 0 Å². The van der Waals surface area contributed by atoms with E-state index >= 15 is 0 Å². The Morgan fingerprint density at radius 1 is 1.27 bits per heavy atom. The maximum atomic E-state index is 12.0. The maximum Gasteiger partial charge on any atom is 0.252 e. The molecule has 0 atom stereocenters. The molecule has 1 saturated heterocycles. The molecule has 1 aromatic rings.